The van der Waals surface area contributed by atoms with Crippen molar-refractivity contribution in [2.24, 2.45) is 7.05 Å². The van der Waals surface area contributed by atoms with Gasteiger partial charge in [0.25, 0.3) is 0 Å². The normalized spacial score (nSPS) is 10.6. The van der Waals surface area contributed by atoms with E-state index in [0.29, 0.717) is 0 Å². The van der Waals surface area contributed by atoms with Crippen LogP contribution in [0.25, 0.3) is 0 Å². The highest BCUT2D eigenvalue weighted by molar-refractivity contribution is 5.45. The minimum atomic E-state index is 0.826. The Morgan fingerprint density at radius 2 is 1.94 bits per heavy atom. The van der Waals surface area contributed by atoms with Crippen LogP contribution in [0.15, 0.2) is 30.5 Å². The predicted octanol–water partition coefficient (Wildman–Crippen LogP) is 3.29. The van der Waals surface area contributed by atoms with Crippen molar-refractivity contribution in [2.45, 2.75) is 33.2 Å². The zero-order valence-corrected chi connectivity index (χ0v) is 11.4. The van der Waals surface area contributed by atoms with E-state index >= 15 is 0 Å². The number of nitrogens with zero attached hydrogens (tertiary/aromatic N) is 2. The van der Waals surface area contributed by atoms with Gasteiger partial charge < -0.3 is 5.32 Å². The number of aromatic nitrogens is 2. The van der Waals surface area contributed by atoms with E-state index in [0.717, 1.165) is 18.7 Å². The minimum Gasteiger partial charge on any atom is -0.381 e. The summed E-state index contributed by atoms with van der Waals surface area (Å²) in [6, 6.07) is 8.69. The lowest BCUT2D eigenvalue weighted by atomic mass is 10.1. The summed E-state index contributed by atoms with van der Waals surface area (Å²) in [5.74, 6) is 0. The smallest absolute Gasteiger partial charge is 0.0542 e. The molecular weight excluding hydrogens is 222 g/mol. The highest BCUT2D eigenvalue weighted by Crippen LogP contribution is 2.13. The molecule has 1 N–H and O–H groups in total. The molecule has 0 radical (unpaired) electrons. The molecule has 0 amide bonds. The first-order chi connectivity index (χ1) is 8.70. The lowest BCUT2D eigenvalue weighted by Gasteiger charge is -2.07. The SMILES string of the molecule is CCCc1ccc(NCc2cnn(C)c2C)cc1. The van der Waals surface area contributed by atoms with Crippen molar-refractivity contribution in [3.8, 4) is 0 Å². The van der Waals surface area contributed by atoms with E-state index in [2.05, 4.69) is 48.5 Å². The van der Waals surface area contributed by atoms with Gasteiger partial charge in [0.05, 0.1) is 6.20 Å². The monoisotopic (exact) mass is 243 g/mol. The predicted molar refractivity (Wildman–Crippen MR) is 75.7 cm³/mol. The largest absolute Gasteiger partial charge is 0.381 e. The Kier molecular flexibility index (Phi) is 4.03. The van der Waals surface area contributed by atoms with Crippen molar-refractivity contribution in [2.75, 3.05) is 5.32 Å². The van der Waals surface area contributed by atoms with E-state index in [1.165, 1.54) is 23.2 Å². The summed E-state index contributed by atoms with van der Waals surface area (Å²) in [7, 11) is 1.97. The molecule has 2 rings (SSSR count). The van der Waals surface area contributed by atoms with Crippen LogP contribution in [-0.2, 0) is 20.0 Å². The molecule has 2 aromatic rings. The Bertz CT molecular complexity index is 497. The quantitative estimate of drug-likeness (QED) is 0.873. The van der Waals surface area contributed by atoms with Gasteiger partial charge in [-0.15, -0.1) is 0 Å². The lowest BCUT2D eigenvalue weighted by Crippen LogP contribution is -2.01. The van der Waals surface area contributed by atoms with Gasteiger partial charge in [-0.1, -0.05) is 25.5 Å². The van der Waals surface area contributed by atoms with E-state index in [1.54, 1.807) is 0 Å². The molecule has 0 aliphatic carbocycles. The summed E-state index contributed by atoms with van der Waals surface area (Å²) in [5, 5.41) is 7.67. The first-order valence-electron chi connectivity index (χ1n) is 6.51. The molecule has 0 spiro atoms. The van der Waals surface area contributed by atoms with Gasteiger partial charge in [0.2, 0.25) is 0 Å². The molecule has 0 aliphatic rings. The molecule has 1 aromatic carbocycles. The van der Waals surface area contributed by atoms with Crippen LogP contribution in [-0.4, -0.2) is 9.78 Å². The Labute approximate surface area is 109 Å². The van der Waals surface area contributed by atoms with Gasteiger partial charge in [-0.2, -0.15) is 5.10 Å². The van der Waals surface area contributed by atoms with Gasteiger partial charge in [-0.25, -0.2) is 0 Å². The van der Waals surface area contributed by atoms with Crippen LogP contribution in [0.3, 0.4) is 0 Å². The third-order valence-electron chi connectivity index (χ3n) is 3.31. The average molecular weight is 243 g/mol. The molecule has 0 atom stereocenters. The Balaban J connectivity index is 1.96. The zero-order chi connectivity index (χ0) is 13.0. The highest BCUT2D eigenvalue weighted by Gasteiger charge is 2.02. The van der Waals surface area contributed by atoms with Crippen LogP contribution in [0.5, 0.6) is 0 Å². The number of aryl methyl sites for hydroxylation is 2. The van der Waals surface area contributed by atoms with Crippen molar-refractivity contribution in [1.82, 2.24) is 9.78 Å². The summed E-state index contributed by atoms with van der Waals surface area (Å²) in [4.78, 5) is 0. The molecule has 3 heteroatoms. The van der Waals surface area contributed by atoms with E-state index < -0.39 is 0 Å². The number of anilines is 1. The topological polar surface area (TPSA) is 29.9 Å². The van der Waals surface area contributed by atoms with Crippen LogP contribution in [0.2, 0.25) is 0 Å². The molecule has 96 valence electrons. The molecule has 0 bridgehead atoms. The third-order valence-corrected chi connectivity index (χ3v) is 3.31. The molecule has 0 aliphatic heterocycles. The highest BCUT2D eigenvalue weighted by atomic mass is 15.3. The van der Waals surface area contributed by atoms with Crippen LogP contribution < -0.4 is 5.32 Å². The number of benzene rings is 1. The molecule has 1 heterocycles. The molecule has 18 heavy (non-hydrogen) atoms. The molecule has 0 saturated carbocycles. The molecule has 0 saturated heterocycles. The van der Waals surface area contributed by atoms with E-state index in [-0.39, 0.29) is 0 Å². The standard InChI is InChI=1S/C15H21N3/c1-4-5-13-6-8-15(9-7-13)16-10-14-11-17-18(3)12(14)2/h6-9,11,16H,4-5,10H2,1-3H3. The second-order valence-electron chi connectivity index (χ2n) is 4.68. The van der Waals surface area contributed by atoms with Crippen LogP contribution in [0, 0.1) is 6.92 Å². The van der Waals surface area contributed by atoms with Gasteiger partial charge in [0.1, 0.15) is 0 Å². The van der Waals surface area contributed by atoms with Gasteiger partial charge in [-0.3, -0.25) is 4.68 Å². The Morgan fingerprint density at radius 3 is 2.50 bits per heavy atom. The first kappa shape index (κ1) is 12.7. The first-order valence-corrected chi connectivity index (χ1v) is 6.51. The second-order valence-corrected chi connectivity index (χ2v) is 4.68. The van der Waals surface area contributed by atoms with Gasteiger partial charge in [0.15, 0.2) is 0 Å². The maximum absolute atomic E-state index is 4.24. The van der Waals surface area contributed by atoms with Crippen molar-refractivity contribution in [3.63, 3.8) is 0 Å². The summed E-state index contributed by atoms with van der Waals surface area (Å²) >= 11 is 0. The zero-order valence-electron chi connectivity index (χ0n) is 11.4. The Morgan fingerprint density at radius 1 is 1.22 bits per heavy atom. The number of rotatable bonds is 5. The second kappa shape index (κ2) is 5.71. The third kappa shape index (κ3) is 2.92. The fourth-order valence-corrected chi connectivity index (χ4v) is 1.99. The summed E-state index contributed by atoms with van der Waals surface area (Å²) in [6.07, 6.45) is 4.28. The fraction of sp³-hybridized carbons (Fsp3) is 0.400. The molecular formula is C15H21N3. The Hall–Kier alpha value is -1.77. The van der Waals surface area contributed by atoms with E-state index in [9.17, 15) is 0 Å². The molecule has 1 aromatic heterocycles. The van der Waals surface area contributed by atoms with Crippen LogP contribution >= 0.6 is 0 Å². The van der Waals surface area contributed by atoms with Gasteiger partial charge in [0, 0.05) is 30.5 Å². The number of hydrogen-bond acceptors (Lipinski definition) is 2. The average Bonchev–Trinajstić information content (AvgIpc) is 2.70. The number of hydrogen-bond donors (Lipinski definition) is 1. The van der Waals surface area contributed by atoms with Crippen LogP contribution in [0.4, 0.5) is 5.69 Å². The fourth-order valence-electron chi connectivity index (χ4n) is 1.99. The molecule has 0 fully saturated rings. The number of nitrogens with one attached hydrogen (secondary N) is 1. The summed E-state index contributed by atoms with van der Waals surface area (Å²) in [5.41, 5.74) is 5.03. The van der Waals surface area contributed by atoms with E-state index in [1.807, 2.05) is 17.9 Å². The van der Waals surface area contributed by atoms with E-state index in [4.69, 9.17) is 0 Å². The molecule has 0 unspecified atom stereocenters. The lowest BCUT2D eigenvalue weighted by molar-refractivity contribution is 0.738. The maximum atomic E-state index is 4.24. The molecule has 3 nitrogen and oxygen atoms in total. The summed E-state index contributed by atoms with van der Waals surface area (Å²) in [6.45, 7) is 5.12. The van der Waals surface area contributed by atoms with Crippen molar-refractivity contribution in [3.05, 3.63) is 47.3 Å². The van der Waals surface area contributed by atoms with Crippen molar-refractivity contribution < 1.29 is 0 Å². The minimum absolute atomic E-state index is 0.826. The van der Waals surface area contributed by atoms with Crippen LogP contribution in [0.1, 0.15) is 30.2 Å². The van der Waals surface area contributed by atoms with Crippen molar-refractivity contribution >= 4 is 5.69 Å². The van der Waals surface area contributed by atoms with Crippen molar-refractivity contribution in [1.29, 1.82) is 0 Å². The van der Waals surface area contributed by atoms with Gasteiger partial charge in [-0.05, 0) is 31.0 Å². The maximum Gasteiger partial charge on any atom is 0.0542 e. The summed E-state index contributed by atoms with van der Waals surface area (Å²) < 4.78 is 1.90. The van der Waals surface area contributed by atoms with Gasteiger partial charge >= 0.3 is 0 Å².